The van der Waals surface area contributed by atoms with Gasteiger partial charge in [0.25, 0.3) is 0 Å². The average Bonchev–Trinajstić information content (AvgIpc) is 3.11. The van der Waals surface area contributed by atoms with Gasteiger partial charge in [-0.3, -0.25) is 0 Å². The Bertz CT molecular complexity index is 373. The summed E-state index contributed by atoms with van der Waals surface area (Å²) in [5.74, 6) is 1.75. The van der Waals surface area contributed by atoms with Crippen molar-refractivity contribution in [2.75, 3.05) is 13.1 Å². The first-order valence-electron chi connectivity index (χ1n) is 8.14. The Labute approximate surface area is 116 Å². The van der Waals surface area contributed by atoms with Gasteiger partial charge in [-0.25, -0.2) is 4.98 Å². The molecule has 2 fully saturated rings. The predicted molar refractivity (Wildman–Crippen MR) is 78.3 cm³/mol. The lowest BCUT2D eigenvalue weighted by Gasteiger charge is -2.23. The Balaban J connectivity index is 1.51. The monoisotopic (exact) mass is 261 g/mol. The number of nitrogens with one attached hydrogen (secondary N) is 1. The summed E-state index contributed by atoms with van der Waals surface area (Å²) in [7, 11) is 0. The van der Waals surface area contributed by atoms with Gasteiger partial charge in [-0.1, -0.05) is 25.7 Å². The summed E-state index contributed by atoms with van der Waals surface area (Å²) in [4.78, 5) is 4.39. The van der Waals surface area contributed by atoms with E-state index in [0.29, 0.717) is 0 Å². The third kappa shape index (κ3) is 3.38. The van der Waals surface area contributed by atoms with Crippen molar-refractivity contribution in [1.29, 1.82) is 0 Å². The minimum atomic E-state index is 0.732. The molecule has 0 unspecified atom stereocenters. The van der Waals surface area contributed by atoms with Crippen LogP contribution in [0.1, 0.15) is 63.0 Å². The molecule has 0 atom stereocenters. The highest BCUT2D eigenvalue weighted by Crippen LogP contribution is 2.29. The van der Waals surface area contributed by atoms with Crippen molar-refractivity contribution in [3.8, 4) is 0 Å². The molecule has 106 valence electrons. The standard InChI is InChI=1S/C16H27N3/c1-2-5-14(4-1)6-3-11-19-13-18-12-16(19)15-7-9-17-10-8-15/h12-15,17H,1-11H2. The minimum Gasteiger partial charge on any atom is -0.334 e. The Morgan fingerprint density at radius 2 is 1.95 bits per heavy atom. The van der Waals surface area contributed by atoms with Gasteiger partial charge in [0.15, 0.2) is 0 Å². The summed E-state index contributed by atoms with van der Waals surface area (Å²) in [5, 5.41) is 3.45. The molecule has 0 aromatic carbocycles. The normalized spacial score (nSPS) is 22.1. The van der Waals surface area contributed by atoms with E-state index in [9.17, 15) is 0 Å². The second kappa shape index (κ2) is 6.56. The van der Waals surface area contributed by atoms with Crippen molar-refractivity contribution in [2.45, 2.75) is 63.8 Å². The number of aromatic nitrogens is 2. The first kappa shape index (κ1) is 13.2. The molecule has 3 nitrogen and oxygen atoms in total. The zero-order valence-electron chi connectivity index (χ0n) is 12.0. The van der Waals surface area contributed by atoms with Crippen molar-refractivity contribution >= 4 is 0 Å². The smallest absolute Gasteiger partial charge is 0.0948 e. The van der Waals surface area contributed by atoms with E-state index >= 15 is 0 Å². The van der Waals surface area contributed by atoms with Crippen LogP contribution in [0.2, 0.25) is 0 Å². The molecule has 0 spiro atoms. The van der Waals surface area contributed by atoms with Crippen LogP contribution in [0.3, 0.4) is 0 Å². The maximum atomic E-state index is 4.39. The largest absolute Gasteiger partial charge is 0.334 e. The summed E-state index contributed by atoms with van der Waals surface area (Å²) in [5.41, 5.74) is 1.48. The van der Waals surface area contributed by atoms with Gasteiger partial charge in [0.2, 0.25) is 0 Å². The van der Waals surface area contributed by atoms with Crippen LogP contribution in [-0.2, 0) is 6.54 Å². The fraction of sp³-hybridized carbons (Fsp3) is 0.812. The summed E-state index contributed by atoms with van der Waals surface area (Å²) in [6.45, 7) is 3.51. The van der Waals surface area contributed by atoms with Crippen molar-refractivity contribution in [2.24, 2.45) is 5.92 Å². The predicted octanol–water partition coefficient (Wildman–Crippen LogP) is 3.32. The van der Waals surface area contributed by atoms with Crippen LogP contribution in [0.15, 0.2) is 12.5 Å². The summed E-state index contributed by atoms with van der Waals surface area (Å²) >= 11 is 0. The molecule has 3 rings (SSSR count). The first-order valence-corrected chi connectivity index (χ1v) is 8.14. The van der Waals surface area contributed by atoms with Gasteiger partial charge in [-0.05, 0) is 44.7 Å². The molecular weight excluding hydrogens is 234 g/mol. The van der Waals surface area contributed by atoms with E-state index in [4.69, 9.17) is 0 Å². The van der Waals surface area contributed by atoms with E-state index in [1.54, 1.807) is 0 Å². The Morgan fingerprint density at radius 1 is 1.16 bits per heavy atom. The molecule has 0 amide bonds. The number of rotatable bonds is 5. The molecular formula is C16H27N3. The molecule has 0 radical (unpaired) electrons. The third-order valence-corrected chi connectivity index (χ3v) is 4.99. The molecule has 1 aromatic heterocycles. The van der Waals surface area contributed by atoms with Crippen molar-refractivity contribution < 1.29 is 0 Å². The molecule has 1 saturated carbocycles. The quantitative estimate of drug-likeness (QED) is 0.881. The fourth-order valence-electron chi connectivity index (χ4n) is 3.82. The SMILES string of the molecule is c1ncn(CCCC2CCCC2)c1C1CCNCC1. The molecule has 2 aliphatic rings. The van der Waals surface area contributed by atoms with Crippen molar-refractivity contribution in [3.63, 3.8) is 0 Å². The zero-order valence-corrected chi connectivity index (χ0v) is 12.0. The van der Waals surface area contributed by atoms with Gasteiger partial charge < -0.3 is 9.88 Å². The molecule has 0 bridgehead atoms. The summed E-state index contributed by atoms with van der Waals surface area (Å²) in [6.07, 6.45) is 15.3. The van der Waals surface area contributed by atoms with E-state index < -0.39 is 0 Å². The van der Waals surface area contributed by atoms with Gasteiger partial charge in [0, 0.05) is 24.4 Å². The second-order valence-corrected chi connectivity index (χ2v) is 6.33. The van der Waals surface area contributed by atoms with Crippen LogP contribution in [-0.4, -0.2) is 22.6 Å². The molecule has 3 heteroatoms. The number of nitrogens with zero attached hydrogens (tertiary/aromatic N) is 2. The van der Waals surface area contributed by atoms with E-state index in [-0.39, 0.29) is 0 Å². The molecule has 2 heterocycles. The summed E-state index contributed by atoms with van der Waals surface area (Å²) in [6, 6.07) is 0. The van der Waals surface area contributed by atoms with E-state index in [2.05, 4.69) is 21.1 Å². The average molecular weight is 261 g/mol. The molecule has 1 aliphatic carbocycles. The topological polar surface area (TPSA) is 29.9 Å². The highest BCUT2D eigenvalue weighted by atomic mass is 15.0. The number of hydrogen-bond acceptors (Lipinski definition) is 2. The van der Waals surface area contributed by atoms with Gasteiger partial charge in [-0.15, -0.1) is 0 Å². The van der Waals surface area contributed by atoms with E-state index in [1.807, 2.05) is 6.33 Å². The van der Waals surface area contributed by atoms with Crippen LogP contribution < -0.4 is 5.32 Å². The second-order valence-electron chi connectivity index (χ2n) is 6.33. The zero-order chi connectivity index (χ0) is 12.9. The van der Waals surface area contributed by atoms with Gasteiger partial charge in [0.05, 0.1) is 6.33 Å². The lowest BCUT2D eigenvalue weighted by molar-refractivity contribution is 0.421. The van der Waals surface area contributed by atoms with Crippen LogP contribution >= 0.6 is 0 Å². The van der Waals surface area contributed by atoms with E-state index in [0.717, 1.165) is 24.9 Å². The molecule has 1 N–H and O–H groups in total. The van der Waals surface area contributed by atoms with Gasteiger partial charge >= 0.3 is 0 Å². The lowest BCUT2D eigenvalue weighted by atomic mass is 9.95. The Morgan fingerprint density at radius 3 is 2.74 bits per heavy atom. The number of aryl methyl sites for hydroxylation is 1. The molecule has 1 aromatic rings. The fourth-order valence-corrected chi connectivity index (χ4v) is 3.82. The summed E-state index contributed by atoms with van der Waals surface area (Å²) < 4.78 is 2.42. The first-order chi connectivity index (χ1) is 9.43. The number of imidazole rings is 1. The van der Waals surface area contributed by atoms with Gasteiger partial charge in [0.1, 0.15) is 0 Å². The van der Waals surface area contributed by atoms with Crippen LogP contribution in [0.4, 0.5) is 0 Å². The highest BCUT2D eigenvalue weighted by molar-refractivity contribution is 5.07. The van der Waals surface area contributed by atoms with Crippen LogP contribution in [0.5, 0.6) is 0 Å². The van der Waals surface area contributed by atoms with Crippen LogP contribution in [0, 0.1) is 5.92 Å². The van der Waals surface area contributed by atoms with Crippen LogP contribution in [0.25, 0.3) is 0 Å². The highest BCUT2D eigenvalue weighted by Gasteiger charge is 2.19. The van der Waals surface area contributed by atoms with Crippen molar-refractivity contribution in [3.05, 3.63) is 18.2 Å². The number of piperidine rings is 1. The van der Waals surface area contributed by atoms with E-state index in [1.165, 1.54) is 63.6 Å². The van der Waals surface area contributed by atoms with Gasteiger partial charge in [-0.2, -0.15) is 0 Å². The lowest BCUT2D eigenvalue weighted by Crippen LogP contribution is -2.27. The maximum Gasteiger partial charge on any atom is 0.0948 e. The molecule has 1 aliphatic heterocycles. The Hall–Kier alpha value is -0.830. The Kier molecular flexibility index (Phi) is 4.54. The van der Waals surface area contributed by atoms with Crippen molar-refractivity contribution in [1.82, 2.24) is 14.9 Å². The molecule has 1 saturated heterocycles. The maximum absolute atomic E-state index is 4.39. The minimum absolute atomic E-state index is 0.732. The number of hydrogen-bond donors (Lipinski definition) is 1. The molecule has 19 heavy (non-hydrogen) atoms. The third-order valence-electron chi connectivity index (χ3n) is 4.99.